The Morgan fingerprint density at radius 2 is 2.24 bits per heavy atom. The first-order valence-electron chi connectivity index (χ1n) is 7.41. The predicted molar refractivity (Wildman–Crippen MR) is 82.7 cm³/mol. The smallest absolute Gasteiger partial charge is 0.260 e. The molecule has 1 heterocycles. The molecular weight excluding hydrogens is 290 g/mol. The molecule has 1 fully saturated rings. The van der Waals surface area contributed by atoms with Crippen LogP contribution in [0.1, 0.15) is 31.2 Å². The number of benzene rings is 1. The van der Waals surface area contributed by atoms with Crippen molar-refractivity contribution < 1.29 is 14.6 Å². The van der Waals surface area contributed by atoms with Crippen molar-refractivity contribution in [1.29, 1.82) is 0 Å². The molecule has 0 saturated carbocycles. The minimum atomic E-state index is -0.0742. The lowest BCUT2D eigenvalue weighted by atomic mass is 10.1. The molecular formula is C16H22ClNO3. The summed E-state index contributed by atoms with van der Waals surface area (Å²) in [6, 6.07) is 5.26. The molecule has 1 unspecified atom stereocenters. The SMILES string of the molecule is Cc1cc(Cl)ccc1OCC(=O)N1CCCCCC1CO. The van der Waals surface area contributed by atoms with Crippen LogP contribution < -0.4 is 4.74 Å². The number of amides is 1. The molecule has 2 rings (SSSR count). The Balaban J connectivity index is 1.96. The van der Waals surface area contributed by atoms with Gasteiger partial charge in [0.2, 0.25) is 0 Å². The molecule has 5 heteroatoms. The molecule has 116 valence electrons. The normalized spacial score (nSPS) is 19.2. The number of ether oxygens (including phenoxy) is 1. The van der Waals surface area contributed by atoms with Crippen LogP contribution in [0.3, 0.4) is 0 Å². The van der Waals surface area contributed by atoms with Crippen LogP contribution in [-0.2, 0) is 4.79 Å². The molecule has 1 saturated heterocycles. The van der Waals surface area contributed by atoms with Gasteiger partial charge in [-0.1, -0.05) is 24.4 Å². The van der Waals surface area contributed by atoms with Gasteiger partial charge in [0.05, 0.1) is 12.6 Å². The third kappa shape index (κ3) is 4.35. The summed E-state index contributed by atoms with van der Waals surface area (Å²) in [5, 5.41) is 10.1. The van der Waals surface area contributed by atoms with Crippen molar-refractivity contribution in [2.45, 2.75) is 38.6 Å². The standard InChI is InChI=1S/C16H22ClNO3/c1-12-9-13(17)6-7-15(12)21-11-16(20)18-8-4-2-3-5-14(18)10-19/h6-7,9,14,19H,2-5,8,10-11H2,1H3. The Labute approximate surface area is 130 Å². The molecule has 1 N–H and O–H groups in total. The summed E-state index contributed by atoms with van der Waals surface area (Å²) < 4.78 is 5.61. The fourth-order valence-electron chi connectivity index (χ4n) is 2.69. The number of hydrogen-bond donors (Lipinski definition) is 1. The van der Waals surface area contributed by atoms with E-state index in [-0.39, 0.29) is 25.2 Å². The first-order chi connectivity index (χ1) is 10.1. The number of rotatable bonds is 4. The lowest BCUT2D eigenvalue weighted by molar-refractivity contribution is -0.136. The first-order valence-corrected chi connectivity index (χ1v) is 7.79. The molecule has 1 aromatic rings. The highest BCUT2D eigenvalue weighted by Gasteiger charge is 2.25. The van der Waals surface area contributed by atoms with Gasteiger partial charge in [0.1, 0.15) is 5.75 Å². The first kappa shape index (κ1) is 16.1. The Morgan fingerprint density at radius 1 is 1.43 bits per heavy atom. The zero-order valence-electron chi connectivity index (χ0n) is 12.3. The van der Waals surface area contributed by atoms with E-state index in [1.165, 1.54) is 0 Å². The van der Waals surface area contributed by atoms with Gasteiger partial charge in [0.25, 0.3) is 5.91 Å². The zero-order chi connectivity index (χ0) is 15.2. The van der Waals surface area contributed by atoms with E-state index in [4.69, 9.17) is 16.3 Å². The van der Waals surface area contributed by atoms with E-state index in [9.17, 15) is 9.90 Å². The third-order valence-corrected chi connectivity index (χ3v) is 4.13. The minimum Gasteiger partial charge on any atom is -0.483 e. The second-order valence-electron chi connectivity index (χ2n) is 5.47. The number of hydrogen-bond acceptors (Lipinski definition) is 3. The Morgan fingerprint density at radius 3 is 2.95 bits per heavy atom. The quantitative estimate of drug-likeness (QED) is 0.930. The number of nitrogens with zero attached hydrogens (tertiary/aromatic N) is 1. The number of likely N-dealkylation sites (tertiary alicyclic amines) is 1. The topological polar surface area (TPSA) is 49.8 Å². The molecule has 1 atom stereocenters. The van der Waals surface area contributed by atoms with Crippen LogP contribution >= 0.6 is 11.6 Å². The van der Waals surface area contributed by atoms with Crippen LogP contribution in [0.15, 0.2) is 18.2 Å². The Bertz CT molecular complexity index is 492. The summed E-state index contributed by atoms with van der Waals surface area (Å²) in [5.41, 5.74) is 0.907. The maximum Gasteiger partial charge on any atom is 0.260 e. The van der Waals surface area contributed by atoms with E-state index >= 15 is 0 Å². The Kier molecular flexibility index (Phi) is 5.88. The van der Waals surface area contributed by atoms with E-state index in [1.807, 2.05) is 13.0 Å². The van der Waals surface area contributed by atoms with Gasteiger partial charge < -0.3 is 14.7 Å². The van der Waals surface area contributed by atoms with Crippen molar-refractivity contribution in [2.24, 2.45) is 0 Å². The van der Waals surface area contributed by atoms with Gasteiger partial charge in [-0.3, -0.25) is 4.79 Å². The molecule has 1 aliphatic rings. The summed E-state index contributed by atoms with van der Waals surface area (Å²) in [6.45, 7) is 2.62. The van der Waals surface area contributed by atoms with Crippen LogP contribution in [0.25, 0.3) is 0 Å². The van der Waals surface area contributed by atoms with Gasteiger partial charge in [-0.15, -0.1) is 0 Å². The van der Waals surface area contributed by atoms with E-state index in [0.29, 0.717) is 17.3 Å². The summed E-state index contributed by atoms with van der Waals surface area (Å²) >= 11 is 5.90. The number of aliphatic hydroxyl groups excluding tert-OH is 1. The summed E-state index contributed by atoms with van der Waals surface area (Å²) in [6.07, 6.45) is 4.02. The highest BCUT2D eigenvalue weighted by molar-refractivity contribution is 6.30. The van der Waals surface area contributed by atoms with E-state index in [1.54, 1.807) is 17.0 Å². The number of aryl methyl sites for hydroxylation is 1. The van der Waals surface area contributed by atoms with Gasteiger partial charge in [-0.2, -0.15) is 0 Å². The maximum atomic E-state index is 12.3. The number of carbonyl (C=O) groups is 1. The fourth-order valence-corrected chi connectivity index (χ4v) is 2.92. The number of carbonyl (C=O) groups excluding carboxylic acids is 1. The summed E-state index contributed by atoms with van der Waals surface area (Å²) in [4.78, 5) is 14.1. The van der Waals surface area contributed by atoms with Gasteiger partial charge in [0.15, 0.2) is 6.61 Å². The highest BCUT2D eigenvalue weighted by Crippen LogP contribution is 2.22. The lowest BCUT2D eigenvalue weighted by Crippen LogP contribution is -2.44. The van der Waals surface area contributed by atoms with E-state index < -0.39 is 0 Å². The molecule has 0 radical (unpaired) electrons. The average Bonchev–Trinajstić information content (AvgIpc) is 2.71. The maximum absolute atomic E-state index is 12.3. The van der Waals surface area contributed by atoms with Crippen molar-refractivity contribution in [3.05, 3.63) is 28.8 Å². The van der Waals surface area contributed by atoms with E-state index in [2.05, 4.69) is 0 Å². The molecule has 4 nitrogen and oxygen atoms in total. The fraction of sp³-hybridized carbons (Fsp3) is 0.562. The van der Waals surface area contributed by atoms with Gasteiger partial charge in [-0.25, -0.2) is 0 Å². The van der Waals surface area contributed by atoms with Crippen molar-refractivity contribution in [3.8, 4) is 5.75 Å². The average molecular weight is 312 g/mol. The second kappa shape index (κ2) is 7.66. The molecule has 21 heavy (non-hydrogen) atoms. The summed E-state index contributed by atoms with van der Waals surface area (Å²) in [7, 11) is 0. The van der Waals surface area contributed by atoms with Crippen LogP contribution in [0, 0.1) is 6.92 Å². The molecule has 0 spiro atoms. The van der Waals surface area contributed by atoms with Crippen molar-refractivity contribution in [3.63, 3.8) is 0 Å². The van der Waals surface area contributed by atoms with Crippen LogP contribution in [0.2, 0.25) is 5.02 Å². The largest absolute Gasteiger partial charge is 0.483 e. The van der Waals surface area contributed by atoms with E-state index in [0.717, 1.165) is 31.2 Å². The third-order valence-electron chi connectivity index (χ3n) is 3.90. The predicted octanol–water partition coefficient (Wildman–Crippen LogP) is 2.79. The minimum absolute atomic E-state index is 0.00102. The Hall–Kier alpha value is -1.26. The second-order valence-corrected chi connectivity index (χ2v) is 5.91. The summed E-state index contributed by atoms with van der Waals surface area (Å²) in [5.74, 6) is 0.605. The molecule has 0 bridgehead atoms. The van der Waals surface area contributed by atoms with Crippen molar-refractivity contribution in [2.75, 3.05) is 19.8 Å². The van der Waals surface area contributed by atoms with Gasteiger partial charge >= 0.3 is 0 Å². The van der Waals surface area contributed by atoms with Crippen molar-refractivity contribution in [1.82, 2.24) is 4.90 Å². The monoisotopic (exact) mass is 311 g/mol. The van der Waals surface area contributed by atoms with Crippen LogP contribution in [0.5, 0.6) is 5.75 Å². The zero-order valence-corrected chi connectivity index (χ0v) is 13.1. The van der Waals surface area contributed by atoms with Gasteiger partial charge in [-0.05, 0) is 43.5 Å². The van der Waals surface area contributed by atoms with Crippen LogP contribution in [0.4, 0.5) is 0 Å². The molecule has 1 amide bonds. The van der Waals surface area contributed by atoms with Gasteiger partial charge in [0, 0.05) is 11.6 Å². The highest BCUT2D eigenvalue weighted by atomic mass is 35.5. The number of aliphatic hydroxyl groups is 1. The number of halogens is 1. The van der Waals surface area contributed by atoms with Crippen molar-refractivity contribution >= 4 is 17.5 Å². The molecule has 1 aromatic carbocycles. The molecule has 1 aliphatic heterocycles. The molecule has 0 aliphatic carbocycles. The lowest BCUT2D eigenvalue weighted by Gasteiger charge is -2.28. The molecule has 0 aromatic heterocycles. The van der Waals surface area contributed by atoms with Crippen LogP contribution in [-0.4, -0.2) is 41.7 Å².